The van der Waals surface area contributed by atoms with Crippen LogP contribution < -0.4 is 11.1 Å². The molecule has 0 spiro atoms. The Bertz CT molecular complexity index is 540. The molecular weight excluding hydrogens is 253 g/mol. The molecule has 2 rings (SSSR count). The van der Waals surface area contributed by atoms with Crippen molar-refractivity contribution in [1.82, 2.24) is 10.3 Å². The van der Waals surface area contributed by atoms with Gasteiger partial charge < -0.3 is 11.1 Å². The van der Waals surface area contributed by atoms with Gasteiger partial charge in [-0.15, -0.1) is 0 Å². The first-order valence-corrected chi connectivity index (χ1v) is 6.88. The van der Waals surface area contributed by atoms with Gasteiger partial charge in [0.1, 0.15) is 11.6 Å². The zero-order valence-electron chi connectivity index (χ0n) is 11.6. The number of hydrogen-bond acceptors (Lipinski definition) is 3. The van der Waals surface area contributed by atoms with E-state index in [0.29, 0.717) is 5.82 Å². The normalized spacial score (nSPS) is 12.3. The Morgan fingerprint density at radius 3 is 2.65 bits per heavy atom. The molecule has 2 aromatic rings. The highest BCUT2D eigenvalue weighted by atomic mass is 19.1. The summed E-state index contributed by atoms with van der Waals surface area (Å²) in [5, 5.41) is 3.49. The van der Waals surface area contributed by atoms with Crippen molar-refractivity contribution < 1.29 is 4.39 Å². The molecule has 1 heterocycles. The third-order valence-corrected chi connectivity index (χ3v) is 3.20. The van der Waals surface area contributed by atoms with Crippen molar-refractivity contribution in [2.24, 2.45) is 0 Å². The van der Waals surface area contributed by atoms with Gasteiger partial charge in [-0.2, -0.15) is 0 Å². The SMILES string of the molecule is CCCNC(Cc1ccnc(N)c1)c1ccc(F)cc1. The van der Waals surface area contributed by atoms with Crippen LogP contribution in [0.2, 0.25) is 0 Å². The molecule has 0 aliphatic carbocycles. The van der Waals surface area contributed by atoms with Crippen LogP contribution in [-0.4, -0.2) is 11.5 Å². The van der Waals surface area contributed by atoms with E-state index in [4.69, 9.17) is 5.73 Å². The van der Waals surface area contributed by atoms with E-state index in [1.54, 1.807) is 6.20 Å². The van der Waals surface area contributed by atoms with E-state index in [9.17, 15) is 4.39 Å². The lowest BCUT2D eigenvalue weighted by molar-refractivity contribution is 0.527. The fraction of sp³-hybridized carbons (Fsp3) is 0.312. The molecule has 1 aromatic heterocycles. The quantitative estimate of drug-likeness (QED) is 0.850. The standard InChI is InChI=1S/C16H20FN3/c1-2-8-19-15(13-3-5-14(17)6-4-13)10-12-7-9-20-16(18)11-12/h3-7,9,11,15,19H,2,8,10H2,1H3,(H2,18,20). The van der Waals surface area contributed by atoms with Crippen LogP contribution in [0.1, 0.15) is 30.5 Å². The molecular formula is C16H20FN3. The maximum atomic E-state index is 13.0. The maximum Gasteiger partial charge on any atom is 0.123 e. The second-order valence-corrected chi connectivity index (χ2v) is 4.85. The summed E-state index contributed by atoms with van der Waals surface area (Å²) in [7, 11) is 0. The predicted octanol–water partition coefficient (Wildman–Crippen LogP) is 3.09. The number of nitrogens with zero attached hydrogens (tertiary/aromatic N) is 1. The van der Waals surface area contributed by atoms with Gasteiger partial charge in [0.15, 0.2) is 0 Å². The number of benzene rings is 1. The Morgan fingerprint density at radius 1 is 1.25 bits per heavy atom. The molecule has 20 heavy (non-hydrogen) atoms. The zero-order valence-corrected chi connectivity index (χ0v) is 11.6. The van der Waals surface area contributed by atoms with Crippen molar-refractivity contribution in [1.29, 1.82) is 0 Å². The highest BCUT2D eigenvalue weighted by Crippen LogP contribution is 2.19. The molecule has 1 aromatic carbocycles. The molecule has 0 saturated carbocycles. The first kappa shape index (κ1) is 14.5. The van der Waals surface area contributed by atoms with Crippen LogP contribution in [-0.2, 0) is 6.42 Å². The van der Waals surface area contributed by atoms with Gasteiger partial charge in [0.05, 0.1) is 0 Å². The molecule has 4 heteroatoms. The van der Waals surface area contributed by atoms with Gasteiger partial charge in [0.25, 0.3) is 0 Å². The molecule has 0 fully saturated rings. The third kappa shape index (κ3) is 4.03. The highest BCUT2D eigenvalue weighted by Gasteiger charge is 2.12. The highest BCUT2D eigenvalue weighted by molar-refractivity contribution is 5.33. The topological polar surface area (TPSA) is 50.9 Å². The van der Waals surface area contributed by atoms with E-state index in [0.717, 1.165) is 30.5 Å². The summed E-state index contributed by atoms with van der Waals surface area (Å²) in [6, 6.07) is 10.6. The first-order valence-electron chi connectivity index (χ1n) is 6.88. The van der Waals surface area contributed by atoms with Crippen LogP contribution in [0.3, 0.4) is 0 Å². The second kappa shape index (κ2) is 7.01. The fourth-order valence-electron chi connectivity index (χ4n) is 2.18. The number of rotatable bonds is 6. The number of nitrogens with two attached hydrogens (primary N) is 1. The Labute approximate surface area is 119 Å². The molecule has 0 radical (unpaired) electrons. The van der Waals surface area contributed by atoms with Crippen molar-refractivity contribution in [3.8, 4) is 0 Å². The molecule has 106 valence electrons. The minimum absolute atomic E-state index is 0.150. The molecule has 0 aliphatic rings. The summed E-state index contributed by atoms with van der Waals surface area (Å²) in [6.45, 7) is 3.04. The lowest BCUT2D eigenvalue weighted by atomic mass is 9.99. The van der Waals surface area contributed by atoms with Crippen molar-refractivity contribution >= 4 is 5.82 Å². The number of pyridine rings is 1. The molecule has 0 amide bonds. The lowest BCUT2D eigenvalue weighted by Gasteiger charge is -2.19. The van der Waals surface area contributed by atoms with E-state index < -0.39 is 0 Å². The molecule has 0 aliphatic heterocycles. The monoisotopic (exact) mass is 273 g/mol. The summed E-state index contributed by atoms with van der Waals surface area (Å²) in [6.07, 6.45) is 3.57. The summed E-state index contributed by atoms with van der Waals surface area (Å²) < 4.78 is 13.0. The summed E-state index contributed by atoms with van der Waals surface area (Å²) >= 11 is 0. The molecule has 1 atom stereocenters. The zero-order chi connectivity index (χ0) is 14.4. The Kier molecular flexibility index (Phi) is 5.07. The first-order chi connectivity index (χ1) is 9.69. The maximum absolute atomic E-state index is 13.0. The third-order valence-electron chi connectivity index (χ3n) is 3.20. The number of anilines is 1. The number of hydrogen-bond donors (Lipinski definition) is 2. The Morgan fingerprint density at radius 2 is 2.00 bits per heavy atom. The van der Waals surface area contributed by atoms with E-state index >= 15 is 0 Å². The van der Waals surface area contributed by atoms with E-state index in [1.807, 2.05) is 24.3 Å². The summed E-state index contributed by atoms with van der Waals surface area (Å²) in [4.78, 5) is 4.00. The van der Waals surface area contributed by atoms with Gasteiger partial charge in [-0.25, -0.2) is 9.37 Å². The Hall–Kier alpha value is -1.94. The van der Waals surface area contributed by atoms with Gasteiger partial charge in [-0.05, 0) is 54.8 Å². The van der Waals surface area contributed by atoms with E-state index in [-0.39, 0.29) is 11.9 Å². The van der Waals surface area contributed by atoms with Crippen molar-refractivity contribution in [2.75, 3.05) is 12.3 Å². The average Bonchev–Trinajstić information content (AvgIpc) is 2.44. The number of nitrogen functional groups attached to an aromatic ring is 1. The van der Waals surface area contributed by atoms with Crippen molar-refractivity contribution in [3.63, 3.8) is 0 Å². The van der Waals surface area contributed by atoms with Crippen LogP contribution in [0, 0.1) is 5.82 Å². The number of aromatic nitrogens is 1. The van der Waals surface area contributed by atoms with Gasteiger partial charge in [-0.3, -0.25) is 0 Å². The van der Waals surface area contributed by atoms with Crippen LogP contribution in [0.5, 0.6) is 0 Å². The summed E-state index contributed by atoms with van der Waals surface area (Å²) in [5.74, 6) is 0.312. The van der Waals surface area contributed by atoms with Crippen LogP contribution in [0.4, 0.5) is 10.2 Å². The van der Waals surface area contributed by atoms with Crippen molar-refractivity contribution in [3.05, 3.63) is 59.5 Å². The minimum Gasteiger partial charge on any atom is -0.384 e. The molecule has 3 nitrogen and oxygen atoms in total. The average molecular weight is 273 g/mol. The largest absolute Gasteiger partial charge is 0.384 e. The predicted molar refractivity (Wildman–Crippen MR) is 79.8 cm³/mol. The molecule has 0 saturated heterocycles. The van der Waals surface area contributed by atoms with Crippen LogP contribution in [0.15, 0.2) is 42.6 Å². The van der Waals surface area contributed by atoms with Crippen molar-refractivity contribution in [2.45, 2.75) is 25.8 Å². The molecule has 3 N–H and O–H groups in total. The minimum atomic E-state index is -0.212. The van der Waals surface area contributed by atoms with Gasteiger partial charge in [0.2, 0.25) is 0 Å². The fourth-order valence-corrected chi connectivity index (χ4v) is 2.18. The van der Waals surface area contributed by atoms with Crippen LogP contribution in [0.25, 0.3) is 0 Å². The number of nitrogens with one attached hydrogen (secondary N) is 1. The van der Waals surface area contributed by atoms with E-state index in [1.165, 1.54) is 12.1 Å². The van der Waals surface area contributed by atoms with E-state index in [2.05, 4.69) is 17.2 Å². The smallest absolute Gasteiger partial charge is 0.123 e. The number of halogens is 1. The molecule has 0 bridgehead atoms. The van der Waals surface area contributed by atoms with Crippen LogP contribution >= 0.6 is 0 Å². The molecule has 1 unspecified atom stereocenters. The van der Waals surface area contributed by atoms with Gasteiger partial charge in [-0.1, -0.05) is 19.1 Å². The lowest BCUT2D eigenvalue weighted by Crippen LogP contribution is -2.24. The second-order valence-electron chi connectivity index (χ2n) is 4.85. The Balaban J connectivity index is 2.16. The van der Waals surface area contributed by atoms with Gasteiger partial charge in [0, 0.05) is 12.2 Å². The summed E-state index contributed by atoms with van der Waals surface area (Å²) in [5.41, 5.74) is 7.91. The van der Waals surface area contributed by atoms with Gasteiger partial charge >= 0.3 is 0 Å².